The zero-order valence-corrected chi connectivity index (χ0v) is 11.4. The summed E-state index contributed by atoms with van der Waals surface area (Å²) < 4.78 is 1.34. The summed E-state index contributed by atoms with van der Waals surface area (Å²) in [6, 6.07) is 0.149. The van der Waals surface area contributed by atoms with Gasteiger partial charge in [0.2, 0.25) is 0 Å². The highest BCUT2D eigenvalue weighted by Crippen LogP contribution is 2.16. The van der Waals surface area contributed by atoms with E-state index >= 15 is 0 Å². The quantitative estimate of drug-likeness (QED) is 0.730. The van der Waals surface area contributed by atoms with E-state index in [1.54, 1.807) is 6.92 Å². The molecule has 0 saturated carbocycles. The van der Waals surface area contributed by atoms with Crippen LogP contribution in [0.3, 0.4) is 0 Å². The van der Waals surface area contributed by atoms with Crippen LogP contribution in [0, 0.1) is 5.92 Å². The predicted octanol–water partition coefficient (Wildman–Crippen LogP) is 0.985. The molecule has 102 valence electrons. The highest BCUT2D eigenvalue weighted by Gasteiger charge is 2.17. The third kappa shape index (κ3) is 2.75. The van der Waals surface area contributed by atoms with E-state index in [2.05, 4.69) is 24.1 Å². The molecule has 0 saturated heterocycles. The lowest BCUT2D eigenvalue weighted by Gasteiger charge is -2.23. The van der Waals surface area contributed by atoms with E-state index in [1.165, 1.54) is 4.57 Å². The molecule has 4 N–H and O–H groups in total. The van der Waals surface area contributed by atoms with E-state index in [0.717, 1.165) is 6.42 Å². The van der Waals surface area contributed by atoms with Gasteiger partial charge >= 0.3 is 5.69 Å². The molecule has 1 aromatic rings. The third-order valence-corrected chi connectivity index (χ3v) is 3.13. The molecule has 1 unspecified atom stereocenters. The topological polar surface area (TPSA) is 92.9 Å². The van der Waals surface area contributed by atoms with Gasteiger partial charge in [-0.05, 0) is 19.3 Å². The second-order valence-corrected chi connectivity index (χ2v) is 4.67. The van der Waals surface area contributed by atoms with Crippen molar-refractivity contribution in [1.82, 2.24) is 9.55 Å². The number of anilines is 2. The average molecular weight is 254 g/mol. The van der Waals surface area contributed by atoms with E-state index < -0.39 is 11.2 Å². The van der Waals surface area contributed by atoms with Gasteiger partial charge in [-0.3, -0.25) is 14.3 Å². The number of hydrogen-bond donors (Lipinski definition) is 3. The number of aromatic amines is 1. The first-order chi connectivity index (χ1) is 8.42. The first kappa shape index (κ1) is 14.3. The lowest BCUT2D eigenvalue weighted by Crippen LogP contribution is -2.36. The Morgan fingerprint density at radius 2 is 1.94 bits per heavy atom. The van der Waals surface area contributed by atoms with Gasteiger partial charge in [-0.15, -0.1) is 0 Å². The van der Waals surface area contributed by atoms with Crippen LogP contribution < -0.4 is 22.3 Å². The van der Waals surface area contributed by atoms with Crippen molar-refractivity contribution in [2.24, 2.45) is 5.92 Å². The van der Waals surface area contributed by atoms with Crippen molar-refractivity contribution < 1.29 is 0 Å². The minimum atomic E-state index is -0.469. The zero-order chi connectivity index (χ0) is 13.9. The van der Waals surface area contributed by atoms with Crippen LogP contribution in [0.4, 0.5) is 11.5 Å². The summed E-state index contributed by atoms with van der Waals surface area (Å²) in [6.07, 6.45) is 0.877. The highest BCUT2D eigenvalue weighted by atomic mass is 16.2. The number of nitrogen functional groups attached to an aromatic ring is 1. The van der Waals surface area contributed by atoms with Crippen LogP contribution in [0.2, 0.25) is 0 Å². The van der Waals surface area contributed by atoms with Crippen molar-refractivity contribution in [1.29, 1.82) is 0 Å². The van der Waals surface area contributed by atoms with E-state index in [0.29, 0.717) is 12.5 Å². The lowest BCUT2D eigenvalue weighted by molar-refractivity contribution is 0.510. The molecular formula is C12H22N4O2. The Kier molecular flexibility index (Phi) is 4.58. The summed E-state index contributed by atoms with van der Waals surface area (Å²) in [5, 5.41) is 3.14. The fourth-order valence-corrected chi connectivity index (χ4v) is 1.97. The standard InChI is InChI=1S/C12H22N4O2/c1-5-8(7(3)4)14-9-10(13)16(6-2)12(18)15-11(9)17/h7-8,14H,5-6,13H2,1-4H3,(H,15,17,18). The molecule has 6 nitrogen and oxygen atoms in total. The molecule has 1 heterocycles. The summed E-state index contributed by atoms with van der Waals surface area (Å²) in [7, 11) is 0. The van der Waals surface area contributed by atoms with E-state index in [1.807, 2.05) is 6.92 Å². The first-order valence-corrected chi connectivity index (χ1v) is 6.31. The summed E-state index contributed by atoms with van der Waals surface area (Å²) in [6.45, 7) is 8.41. The normalized spacial score (nSPS) is 12.7. The van der Waals surface area contributed by atoms with Gasteiger partial charge in [0, 0.05) is 12.6 Å². The van der Waals surface area contributed by atoms with Gasteiger partial charge in [-0.2, -0.15) is 0 Å². The molecule has 18 heavy (non-hydrogen) atoms. The molecular weight excluding hydrogens is 232 g/mol. The molecule has 0 radical (unpaired) electrons. The second-order valence-electron chi connectivity index (χ2n) is 4.67. The molecule has 1 atom stereocenters. The molecule has 0 amide bonds. The molecule has 0 fully saturated rings. The minimum Gasteiger partial charge on any atom is -0.383 e. The number of aromatic nitrogens is 2. The number of nitrogens with two attached hydrogens (primary N) is 1. The minimum absolute atomic E-state index is 0.149. The molecule has 0 aliphatic rings. The average Bonchev–Trinajstić information content (AvgIpc) is 2.28. The van der Waals surface area contributed by atoms with Crippen LogP contribution in [-0.2, 0) is 6.54 Å². The smallest absolute Gasteiger partial charge is 0.330 e. The van der Waals surface area contributed by atoms with Gasteiger partial charge in [0.25, 0.3) is 5.56 Å². The zero-order valence-electron chi connectivity index (χ0n) is 11.4. The van der Waals surface area contributed by atoms with Crippen LogP contribution in [-0.4, -0.2) is 15.6 Å². The number of rotatable bonds is 5. The van der Waals surface area contributed by atoms with Gasteiger partial charge in [0.05, 0.1) is 0 Å². The van der Waals surface area contributed by atoms with Crippen LogP contribution in [0.1, 0.15) is 34.1 Å². The summed E-state index contributed by atoms with van der Waals surface area (Å²) in [5.74, 6) is 0.571. The van der Waals surface area contributed by atoms with E-state index in [-0.39, 0.29) is 17.5 Å². The summed E-state index contributed by atoms with van der Waals surface area (Å²) in [5.41, 5.74) is 5.24. The van der Waals surface area contributed by atoms with Gasteiger partial charge in [0.15, 0.2) is 0 Å². The van der Waals surface area contributed by atoms with Crippen LogP contribution in [0.5, 0.6) is 0 Å². The monoisotopic (exact) mass is 254 g/mol. The first-order valence-electron chi connectivity index (χ1n) is 6.31. The van der Waals surface area contributed by atoms with Crippen molar-refractivity contribution in [2.75, 3.05) is 11.1 Å². The Bertz CT molecular complexity index is 516. The Morgan fingerprint density at radius 3 is 2.39 bits per heavy atom. The fraction of sp³-hybridized carbons (Fsp3) is 0.667. The van der Waals surface area contributed by atoms with Crippen molar-refractivity contribution >= 4 is 11.5 Å². The van der Waals surface area contributed by atoms with Gasteiger partial charge in [-0.1, -0.05) is 20.8 Å². The number of nitrogens with one attached hydrogen (secondary N) is 2. The number of hydrogen-bond acceptors (Lipinski definition) is 4. The van der Waals surface area contributed by atoms with Crippen molar-refractivity contribution in [3.8, 4) is 0 Å². The van der Waals surface area contributed by atoms with Crippen molar-refractivity contribution in [3.63, 3.8) is 0 Å². The van der Waals surface area contributed by atoms with Gasteiger partial charge < -0.3 is 11.1 Å². The van der Waals surface area contributed by atoms with Crippen molar-refractivity contribution in [2.45, 2.75) is 46.7 Å². The molecule has 0 bridgehead atoms. The van der Waals surface area contributed by atoms with Gasteiger partial charge in [-0.25, -0.2) is 4.79 Å². The molecule has 6 heteroatoms. The van der Waals surface area contributed by atoms with E-state index in [4.69, 9.17) is 5.73 Å². The molecule has 0 aliphatic heterocycles. The second kappa shape index (κ2) is 5.75. The highest BCUT2D eigenvalue weighted by molar-refractivity contribution is 5.60. The molecule has 0 aliphatic carbocycles. The van der Waals surface area contributed by atoms with Crippen molar-refractivity contribution in [3.05, 3.63) is 20.8 Å². The Labute approximate surface area is 106 Å². The van der Waals surface area contributed by atoms with Gasteiger partial charge in [0.1, 0.15) is 11.5 Å². The third-order valence-electron chi connectivity index (χ3n) is 3.13. The van der Waals surface area contributed by atoms with Crippen LogP contribution >= 0.6 is 0 Å². The summed E-state index contributed by atoms with van der Waals surface area (Å²) in [4.78, 5) is 25.6. The summed E-state index contributed by atoms with van der Waals surface area (Å²) >= 11 is 0. The number of nitrogens with zero attached hydrogens (tertiary/aromatic N) is 1. The number of H-pyrrole nitrogens is 1. The molecule has 0 aromatic carbocycles. The predicted molar refractivity (Wildman–Crippen MR) is 73.9 cm³/mol. The lowest BCUT2D eigenvalue weighted by atomic mass is 10.0. The Balaban J connectivity index is 3.25. The molecule has 1 aromatic heterocycles. The maximum Gasteiger partial charge on any atom is 0.330 e. The Hall–Kier alpha value is -1.72. The maximum absolute atomic E-state index is 11.8. The Morgan fingerprint density at radius 1 is 1.33 bits per heavy atom. The fourth-order valence-electron chi connectivity index (χ4n) is 1.97. The van der Waals surface area contributed by atoms with Crippen LogP contribution in [0.15, 0.2) is 9.59 Å². The SMILES string of the molecule is CCC(Nc1c(N)n(CC)c(=O)[nH]c1=O)C(C)C. The van der Waals surface area contributed by atoms with Crippen LogP contribution in [0.25, 0.3) is 0 Å². The largest absolute Gasteiger partial charge is 0.383 e. The maximum atomic E-state index is 11.8. The molecule has 1 rings (SSSR count). The molecule has 0 spiro atoms. The van der Waals surface area contributed by atoms with E-state index in [9.17, 15) is 9.59 Å².